The van der Waals surface area contributed by atoms with Crippen LogP contribution < -0.4 is 10.1 Å². The SMILES string of the molecule is O=C(O)[C@H]1C[C@H]1C(=O)NCc1ccccc1OC(F)F. The van der Waals surface area contributed by atoms with Gasteiger partial charge in [-0.2, -0.15) is 8.78 Å². The first-order valence-electron chi connectivity index (χ1n) is 6.02. The van der Waals surface area contributed by atoms with Gasteiger partial charge in [0.15, 0.2) is 0 Å². The summed E-state index contributed by atoms with van der Waals surface area (Å²) in [7, 11) is 0. The van der Waals surface area contributed by atoms with Gasteiger partial charge in [0.1, 0.15) is 5.75 Å². The zero-order chi connectivity index (χ0) is 14.7. The average molecular weight is 285 g/mol. The third kappa shape index (κ3) is 3.43. The van der Waals surface area contributed by atoms with Gasteiger partial charge in [-0.3, -0.25) is 9.59 Å². The molecule has 2 rings (SSSR count). The van der Waals surface area contributed by atoms with E-state index in [1.165, 1.54) is 6.07 Å². The van der Waals surface area contributed by atoms with Crippen LogP contribution in [0.2, 0.25) is 0 Å². The molecule has 0 saturated heterocycles. The molecule has 20 heavy (non-hydrogen) atoms. The van der Waals surface area contributed by atoms with Crippen molar-refractivity contribution in [3.63, 3.8) is 0 Å². The number of para-hydroxylation sites is 1. The Morgan fingerprint density at radius 2 is 2.05 bits per heavy atom. The molecule has 0 bridgehead atoms. The molecular formula is C13H13F2NO4. The molecule has 7 heteroatoms. The van der Waals surface area contributed by atoms with Crippen LogP contribution in [0.4, 0.5) is 8.78 Å². The van der Waals surface area contributed by atoms with Gasteiger partial charge in [-0.15, -0.1) is 0 Å². The van der Waals surface area contributed by atoms with Gasteiger partial charge in [-0.25, -0.2) is 0 Å². The number of hydrogen-bond acceptors (Lipinski definition) is 3. The van der Waals surface area contributed by atoms with Gasteiger partial charge in [-0.05, 0) is 12.5 Å². The third-order valence-electron chi connectivity index (χ3n) is 3.09. The van der Waals surface area contributed by atoms with Crippen molar-refractivity contribution < 1.29 is 28.2 Å². The van der Waals surface area contributed by atoms with Crippen LogP contribution in [0.3, 0.4) is 0 Å². The fourth-order valence-electron chi connectivity index (χ4n) is 1.93. The second-order valence-electron chi connectivity index (χ2n) is 4.49. The van der Waals surface area contributed by atoms with E-state index < -0.39 is 24.4 Å². The molecule has 1 aliphatic rings. The van der Waals surface area contributed by atoms with Gasteiger partial charge in [-0.1, -0.05) is 18.2 Å². The number of nitrogens with one attached hydrogen (secondary N) is 1. The van der Waals surface area contributed by atoms with Crippen LogP contribution in [-0.2, 0) is 16.1 Å². The Morgan fingerprint density at radius 1 is 1.35 bits per heavy atom. The lowest BCUT2D eigenvalue weighted by atomic mass is 10.2. The second kappa shape index (κ2) is 5.85. The Labute approximate surface area is 113 Å². The van der Waals surface area contributed by atoms with Crippen molar-refractivity contribution in [3.05, 3.63) is 29.8 Å². The number of amides is 1. The molecule has 1 fully saturated rings. The Bertz CT molecular complexity index is 521. The van der Waals surface area contributed by atoms with E-state index in [1.807, 2.05) is 0 Å². The quantitative estimate of drug-likeness (QED) is 0.833. The molecule has 5 nitrogen and oxygen atoms in total. The number of alkyl halides is 2. The molecule has 0 spiro atoms. The predicted molar refractivity (Wildman–Crippen MR) is 64.2 cm³/mol. The van der Waals surface area contributed by atoms with Crippen molar-refractivity contribution in [1.29, 1.82) is 0 Å². The highest BCUT2D eigenvalue weighted by molar-refractivity contribution is 5.89. The summed E-state index contributed by atoms with van der Waals surface area (Å²) in [6.07, 6.45) is 0.316. The number of carbonyl (C=O) groups excluding carboxylic acids is 1. The van der Waals surface area contributed by atoms with Gasteiger partial charge in [0.2, 0.25) is 5.91 Å². The summed E-state index contributed by atoms with van der Waals surface area (Å²) in [4.78, 5) is 22.3. The Morgan fingerprint density at radius 3 is 2.65 bits per heavy atom. The minimum Gasteiger partial charge on any atom is -0.481 e. The molecule has 2 atom stereocenters. The van der Waals surface area contributed by atoms with Crippen molar-refractivity contribution in [2.75, 3.05) is 0 Å². The number of aliphatic carboxylic acids is 1. The predicted octanol–water partition coefficient (Wildman–Crippen LogP) is 1.62. The monoisotopic (exact) mass is 285 g/mol. The molecule has 1 aliphatic carbocycles. The minimum absolute atomic E-state index is 0.00613. The van der Waals surface area contributed by atoms with E-state index in [9.17, 15) is 18.4 Å². The van der Waals surface area contributed by atoms with Gasteiger partial charge in [0.25, 0.3) is 0 Å². The van der Waals surface area contributed by atoms with Crippen LogP contribution in [0.25, 0.3) is 0 Å². The van der Waals surface area contributed by atoms with E-state index in [0.717, 1.165) is 0 Å². The molecule has 0 heterocycles. The van der Waals surface area contributed by atoms with Gasteiger partial charge in [0.05, 0.1) is 11.8 Å². The first-order valence-corrected chi connectivity index (χ1v) is 6.02. The number of benzene rings is 1. The smallest absolute Gasteiger partial charge is 0.387 e. The van der Waals surface area contributed by atoms with Crippen molar-refractivity contribution in [1.82, 2.24) is 5.32 Å². The summed E-state index contributed by atoms with van der Waals surface area (Å²) in [5, 5.41) is 11.2. The zero-order valence-electron chi connectivity index (χ0n) is 10.4. The van der Waals surface area contributed by atoms with Crippen LogP contribution >= 0.6 is 0 Å². The van der Waals surface area contributed by atoms with Crippen molar-refractivity contribution >= 4 is 11.9 Å². The fraction of sp³-hybridized carbons (Fsp3) is 0.385. The summed E-state index contributed by atoms with van der Waals surface area (Å²) < 4.78 is 28.7. The summed E-state index contributed by atoms with van der Waals surface area (Å²) in [5.74, 6) is -2.55. The lowest BCUT2D eigenvalue weighted by Crippen LogP contribution is -2.26. The van der Waals surface area contributed by atoms with Crippen molar-refractivity contribution in [2.24, 2.45) is 11.8 Å². The van der Waals surface area contributed by atoms with E-state index in [4.69, 9.17) is 5.11 Å². The maximum atomic E-state index is 12.2. The number of carboxylic acid groups (broad SMARTS) is 1. The summed E-state index contributed by atoms with van der Waals surface area (Å²) in [6, 6.07) is 6.12. The lowest BCUT2D eigenvalue weighted by Gasteiger charge is -2.11. The summed E-state index contributed by atoms with van der Waals surface area (Å²) >= 11 is 0. The largest absolute Gasteiger partial charge is 0.481 e. The molecule has 1 aromatic rings. The van der Waals surface area contributed by atoms with Crippen molar-refractivity contribution in [3.8, 4) is 5.75 Å². The highest BCUT2D eigenvalue weighted by Crippen LogP contribution is 2.38. The standard InChI is InChI=1S/C13H13F2NO4/c14-13(15)20-10-4-2-1-3-7(10)6-16-11(17)8-5-9(8)12(18)19/h1-4,8-9,13H,5-6H2,(H,16,17)(H,18,19)/t8-,9+/m1/s1. The van der Waals surface area contributed by atoms with Crippen LogP contribution in [0.15, 0.2) is 24.3 Å². The molecule has 2 N–H and O–H groups in total. The molecule has 0 aliphatic heterocycles. The Kier molecular flexibility index (Phi) is 4.16. The van der Waals surface area contributed by atoms with Crippen LogP contribution in [-0.4, -0.2) is 23.6 Å². The Hall–Kier alpha value is -2.18. The Balaban J connectivity index is 1.91. The normalized spacial score (nSPS) is 20.6. The van der Waals surface area contributed by atoms with E-state index in [2.05, 4.69) is 10.1 Å². The topological polar surface area (TPSA) is 75.6 Å². The van der Waals surface area contributed by atoms with E-state index in [0.29, 0.717) is 12.0 Å². The molecule has 1 amide bonds. The first-order chi connectivity index (χ1) is 9.49. The summed E-state index contributed by atoms with van der Waals surface area (Å²) in [5.41, 5.74) is 0.411. The number of carbonyl (C=O) groups is 2. The molecule has 0 aromatic heterocycles. The fourth-order valence-corrected chi connectivity index (χ4v) is 1.93. The molecule has 1 saturated carbocycles. The molecular weight excluding hydrogens is 272 g/mol. The van der Waals surface area contributed by atoms with Gasteiger partial charge >= 0.3 is 12.6 Å². The number of ether oxygens (including phenoxy) is 1. The van der Waals surface area contributed by atoms with E-state index in [1.54, 1.807) is 18.2 Å². The molecule has 0 unspecified atom stereocenters. The van der Waals surface area contributed by atoms with Crippen LogP contribution in [0.1, 0.15) is 12.0 Å². The maximum Gasteiger partial charge on any atom is 0.387 e. The molecule has 108 valence electrons. The second-order valence-corrected chi connectivity index (χ2v) is 4.49. The highest BCUT2D eigenvalue weighted by atomic mass is 19.3. The molecule has 0 radical (unpaired) electrons. The third-order valence-corrected chi connectivity index (χ3v) is 3.09. The average Bonchev–Trinajstić information content (AvgIpc) is 3.17. The minimum atomic E-state index is -2.94. The number of carboxylic acids is 1. The lowest BCUT2D eigenvalue weighted by molar-refractivity contribution is -0.140. The number of rotatable bonds is 6. The highest BCUT2D eigenvalue weighted by Gasteiger charge is 2.48. The summed E-state index contributed by atoms with van der Waals surface area (Å²) in [6.45, 7) is -2.92. The zero-order valence-corrected chi connectivity index (χ0v) is 10.4. The number of hydrogen-bond donors (Lipinski definition) is 2. The van der Waals surface area contributed by atoms with Gasteiger partial charge < -0.3 is 15.2 Å². The van der Waals surface area contributed by atoms with Crippen LogP contribution in [0, 0.1) is 11.8 Å². The van der Waals surface area contributed by atoms with Crippen molar-refractivity contribution in [2.45, 2.75) is 19.6 Å². The van der Waals surface area contributed by atoms with E-state index in [-0.39, 0.29) is 18.2 Å². The van der Waals surface area contributed by atoms with E-state index >= 15 is 0 Å². The maximum absolute atomic E-state index is 12.2. The van der Waals surface area contributed by atoms with Gasteiger partial charge in [0, 0.05) is 12.1 Å². The number of halogens is 2. The molecule has 1 aromatic carbocycles. The van der Waals surface area contributed by atoms with Crippen LogP contribution in [0.5, 0.6) is 5.75 Å². The first kappa shape index (κ1) is 14.2.